The summed E-state index contributed by atoms with van der Waals surface area (Å²) in [5.74, 6) is 0.464. The highest BCUT2D eigenvalue weighted by atomic mass is 32.2. The van der Waals surface area contributed by atoms with Gasteiger partial charge >= 0.3 is 0 Å². The molecule has 1 unspecified atom stereocenters. The predicted octanol–water partition coefficient (Wildman–Crippen LogP) is 3.05. The molecule has 4 rings (SSSR count). The molecular weight excluding hydrogens is 482 g/mol. The second-order valence-corrected chi connectivity index (χ2v) is 10.9. The SMILES string of the molecule is C[C@@H]1C[C@H](O)[C@@H](CNS(=O)(=O)/C(C#N)=C/c2ccc(-c3ccc4cc(N(C)C)ccc4c3)o2)OC1O. The lowest BCUT2D eigenvalue weighted by Crippen LogP contribution is -2.49. The van der Waals surface area contributed by atoms with Gasteiger partial charge in [0.15, 0.2) is 11.2 Å². The van der Waals surface area contributed by atoms with Crippen LogP contribution in [0.3, 0.4) is 0 Å². The maximum Gasteiger partial charge on any atom is 0.250 e. The van der Waals surface area contributed by atoms with Crippen LogP contribution in [-0.2, 0) is 14.8 Å². The molecule has 4 atom stereocenters. The van der Waals surface area contributed by atoms with Gasteiger partial charge in [0.1, 0.15) is 23.7 Å². The summed E-state index contributed by atoms with van der Waals surface area (Å²) in [6, 6.07) is 17.0. The summed E-state index contributed by atoms with van der Waals surface area (Å²) >= 11 is 0. The Morgan fingerprint density at radius 2 is 1.89 bits per heavy atom. The van der Waals surface area contributed by atoms with E-state index >= 15 is 0 Å². The number of anilines is 1. The molecule has 1 aliphatic heterocycles. The van der Waals surface area contributed by atoms with Gasteiger partial charge in [0, 0.05) is 43.9 Å². The van der Waals surface area contributed by atoms with Gasteiger partial charge in [-0.3, -0.25) is 0 Å². The molecule has 0 spiro atoms. The van der Waals surface area contributed by atoms with E-state index in [1.165, 1.54) is 0 Å². The standard InChI is InChI=1S/C26H29N3O6S/c1-16-10-23(30)25(35-26(16)31)15-28-36(32,33)22(14-27)13-21-8-9-24(34-21)19-5-4-18-12-20(29(2)3)7-6-17(18)11-19/h4-9,11-13,16,23,25-26,28,30-31H,10,15H2,1-3H3/b22-13+/t16-,23+,25-,26?/m1/s1. The van der Waals surface area contributed by atoms with Crippen molar-refractivity contribution in [3.63, 3.8) is 0 Å². The Morgan fingerprint density at radius 3 is 2.61 bits per heavy atom. The molecule has 9 nitrogen and oxygen atoms in total. The third-order valence-corrected chi connectivity index (χ3v) is 7.58. The van der Waals surface area contributed by atoms with E-state index in [9.17, 15) is 23.9 Å². The third-order valence-electron chi connectivity index (χ3n) is 6.24. The number of hydrogen-bond donors (Lipinski definition) is 3. The van der Waals surface area contributed by atoms with Gasteiger partial charge in [-0.15, -0.1) is 0 Å². The van der Waals surface area contributed by atoms with Crippen molar-refractivity contribution >= 4 is 32.6 Å². The van der Waals surface area contributed by atoms with Crippen LogP contribution in [0.1, 0.15) is 19.1 Å². The normalized spacial score (nSPS) is 22.9. The quantitative estimate of drug-likeness (QED) is 0.412. The number of aliphatic hydroxyl groups is 2. The Kier molecular flexibility index (Phi) is 7.49. The molecule has 3 N–H and O–H groups in total. The second-order valence-electron chi connectivity index (χ2n) is 9.16. The van der Waals surface area contributed by atoms with Crippen LogP contribution in [0.15, 0.2) is 57.9 Å². The molecule has 1 aromatic heterocycles. The number of benzene rings is 2. The number of ether oxygens (including phenoxy) is 1. The molecule has 1 fully saturated rings. The molecule has 10 heteroatoms. The summed E-state index contributed by atoms with van der Waals surface area (Å²) in [5, 5.41) is 31.6. The molecule has 2 heterocycles. The van der Waals surface area contributed by atoms with Crippen molar-refractivity contribution in [3.8, 4) is 17.4 Å². The van der Waals surface area contributed by atoms with E-state index in [0.717, 1.165) is 28.1 Å². The van der Waals surface area contributed by atoms with Gasteiger partial charge in [-0.2, -0.15) is 5.26 Å². The van der Waals surface area contributed by atoms with Crippen molar-refractivity contribution < 1.29 is 27.8 Å². The summed E-state index contributed by atoms with van der Waals surface area (Å²) in [4.78, 5) is 1.49. The molecule has 0 amide bonds. The number of hydrogen-bond acceptors (Lipinski definition) is 8. The Morgan fingerprint density at radius 1 is 1.17 bits per heavy atom. The van der Waals surface area contributed by atoms with Gasteiger partial charge in [0.25, 0.3) is 10.0 Å². The first-order valence-corrected chi connectivity index (χ1v) is 13.0. The first-order chi connectivity index (χ1) is 17.1. The topological polar surface area (TPSA) is 136 Å². The minimum absolute atomic E-state index is 0.202. The van der Waals surface area contributed by atoms with E-state index in [-0.39, 0.29) is 24.6 Å². The fourth-order valence-corrected chi connectivity index (χ4v) is 4.99. The van der Waals surface area contributed by atoms with Crippen LogP contribution in [0.4, 0.5) is 5.69 Å². The monoisotopic (exact) mass is 511 g/mol. The summed E-state index contributed by atoms with van der Waals surface area (Å²) in [5.41, 5.74) is 1.91. The van der Waals surface area contributed by atoms with E-state index in [1.54, 1.807) is 25.1 Å². The van der Waals surface area contributed by atoms with Gasteiger partial charge in [-0.05, 0) is 47.5 Å². The Bertz CT molecular complexity index is 1420. The molecule has 190 valence electrons. The molecule has 0 saturated carbocycles. The number of nitrogens with one attached hydrogen (secondary N) is 1. The van der Waals surface area contributed by atoms with E-state index in [2.05, 4.69) is 10.8 Å². The Hall–Kier alpha value is -3.20. The van der Waals surface area contributed by atoms with Crippen LogP contribution in [-0.4, -0.2) is 57.8 Å². The average molecular weight is 512 g/mol. The number of aliphatic hydroxyl groups excluding tert-OH is 2. The molecule has 0 radical (unpaired) electrons. The fraction of sp³-hybridized carbons (Fsp3) is 0.346. The lowest BCUT2D eigenvalue weighted by Gasteiger charge is -2.35. The number of fused-ring (bicyclic) bond motifs is 1. The molecule has 3 aromatic rings. The van der Waals surface area contributed by atoms with Crippen molar-refractivity contribution in [2.45, 2.75) is 31.8 Å². The number of nitriles is 1. The van der Waals surface area contributed by atoms with Crippen LogP contribution in [0.25, 0.3) is 28.2 Å². The maximum absolute atomic E-state index is 12.7. The van der Waals surface area contributed by atoms with E-state index in [1.807, 2.05) is 49.3 Å². The number of furan rings is 1. The molecule has 0 bridgehead atoms. The number of nitrogens with zero attached hydrogens (tertiary/aromatic N) is 2. The fourth-order valence-electron chi connectivity index (χ4n) is 4.06. The van der Waals surface area contributed by atoms with Gasteiger partial charge < -0.3 is 24.3 Å². The number of rotatable bonds is 7. The van der Waals surface area contributed by atoms with Gasteiger partial charge in [-0.1, -0.05) is 25.1 Å². The molecular formula is C26H29N3O6S. The van der Waals surface area contributed by atoms with Crippen LogP contribution in [0, 0.1) is 17.2 Å². The Labute approximate surface area is 210 Å². The van der Waals surface area contributed by atoms with Gasteiger partial charge in [0.05, 0.1) is 6.10 Å². The first-order valence-electron chi connectivity index (χ1n) is 11.5. The summed E-state index contributed by atoms with van der Waals surface area (Å²) in [6.45, 7) is 1.43. The zero-order chi connectivity index (χ0) is 26.0. The zero-order valence-electron chi connectivity index (χ0n) is 20.2. The minimum Gasteiger partial charge on any atom is -0.457 e. The molecule has 2 aromatic carbocycles. The lowest BCUT2D eigenvalue weighted by atomic mass is 9.96. The summed E-state index contributed by atoms with van der Waals surface area (Å²) in [7, 11) is -0.241. The molecule has 36 heavy (non-hydrogen) atoms. The summed E-state index contributed by atoms with van der Waals surface area (Å²) < 4.78 is 38.8. The third kappa shape index (κ3) is 5.61. The van der Waals surface area contributed by atoms with Crippen molar-refractivity contribution in [2.24, 2.45) is 5.92 Å². The van der Waals surface area contributed by atoms with E-state index < -0.39 is 33.4 Å². The van der Waals surface area contributed by atoms with Crippen LogP contribution in [0.5, 0.6) is 0 Å². The summed E-state index contributed by atoms with van der Waals surface area (Å²) in [6.07, 6.45) is -1.55. The van der Waals surface area contributed by atoms with Crippen molar-refractivity contribution in [1.82, 2.24) is 4.72 Å². The number of sulfonamides is 1. The first kappa shape index (κ1) is 25.9. The highest BCUT2D eigenvalue weighted by Crippen LogP contribution is 2.29. The Balaban J connectivity index is 1.50. The smallest absolute Gasteiger partial charge is 0.250 e. The second kappa shape index (κ2) is 10.4. The van der Waals surface area contributed by atoms with E-state index in [4.69, 9.17) is 9.15 Å². The highest BCUT2D eigenvalue weighted by Gasteiger charge is 2.34. The molecule has 1 aliphatic rings. The van der Waals surface area contributed by atoms with Crippen molar-refractivity contribution in [2.75, 3.05) is 25.5 Å². The van der Waals surface area contributed by atoms with Crippen LogP contribution >= 0.6 is 0 Å². The predicted molar refractivity (Wildman–Crippen MR) is 137 cm³/mol. The average Bonchev–Trinajstić information content (AvgIpc) is 3.32. The van der Waals surface area contributed by atoms with Crippen LogP contribution < -0.4 is 9.62 Å². The van der Waals surface area contributed by atoms with Crippen molar-refractivity contribution in [3.05, 3.63) is 59.2 Å². The maximum atomic E-state index is 12.7. The molecule has 1 saturated heterocycles. The highest BCUT2D eigenvalue weighted by molar-refractivity contribution is 7.93. The van der Waals surface area contributed by atoms with Crippen molar-refractivity contribution in [1.29, 1.82) is 5.26 Å². The number of allylic oxidation sites excluding steroid dienone is 1. The van der Waals surface area contributed by atoms with Gasteiger partial charge in [0.2, 0.25) is 0 Å². The lowest BCUT2D eigenvalue weighted by molar-refractivity contribution is -0.220. The largest absolute Gasteiger partial charge is 0.457 e. The van der Waals surface area contributed by atoms with E-state index in [0.29, 0.717) is 5.76 Å². The minimum atomic E-state index is -4.21. The zero-order valence-corrected chi connectivity index (χ0v) is 21.1. The molecule has 0 aliphatic carbocycles. The van der Waals surface area contributed by atoms with Crippen LogP contribution in [0.2, 0.25) is 0 Å². The van der Waals surface area contributed by atoms with Gasteiger partial charge in [-0.25, -0.2) is 13.1 Å².